The number of aromatic amines is 1. The van der Waals surface area contributed by atoms with Crippen molar-refractivity contribution in [2.75, 3.05) is 13.1 Å². The maximum Gasteiger partial charge on any atom is 0.271 e. The van der Waals surface area contributed by atoms with Crippen molar-refractivity contribution in [2.45, 2.75) is 18.9 Å². The Morgan fingerprint density at radius 2 is 2.23 bits per heavy atom. The Balaban J connectivity index is 1.48. The normalized spacial score (nSPS) is 17.0. The van der Waals surface area contributed by atoms with E-state index in [2.05, 4.69) is 25.6 Å². The van der Waals surface area contributed by atoms with Crippen LogP contribution >= 0.6 is 0 Å². The standard InChI is InChI=1S/C17H19N7O2/c1-23-15(10-21-22-23)16(25)20-7-11-3-2-6-24(11)17(26)13-8-18-9-14-12(13)4-5-19-14/h4-5,8-11,19H,2-3,6-7H2,1H3,(H,20,25)/t11-/m1/s1. The molecule has 0 unspecified atom stereocenters. The van der Waals surface area contributed by atoms with Crippen LogP contribution in [0.3, 0.4) is 0 Å². The number of aromatic nitrogens is 5. The first kappa shape index (κ1) is 16.2. The molecule has 1 aliphatic rings. The lowest BCUT2D eigenvalue weighted by atomic mass is 10.1. The smallest absolute Gasteiger partial charge is 0.271 e. The van der Waals surface area contributed by atoms with Gasteiger partial charge in [0.25, 0.3) is 11.8 Å². The molecule has 3 aromatic rings. The topological polar surface area (TPSA) is 109 Å². The fourth-order valence-electron chi connectivity index (χ4n) is 3.42. The van der Waals surface area contributed by atoms with E-state index in [-0.39, 0.29) is 17.9 Å². The molecule has 4 heterocycles. The van der Waals surface area contributed by atoms with Gasteiger partial charge < -0.3 is 15.2 Å². The van der Waals surface area contributed by atoms with Crippen LogP contribution in [0.25, 0.3) is 10.9 Å². The summed E-state index contributed by atoms with van der Waals surface area (Å²) in [6, 6.07) is 1.84. The Morgan fingerprint density at radius 1 is 1.35 bits per heavy atom. The first-order valence-electron chi connectivity index (χ1n) is 8.50. The maximum absolute atomic E-state index is 13.0. The van der Waals surface area contributed by atoms with E-state index < -0.39 is 0 Å². The quantitative estimate of drug-likeness (QED) is 0.719. The lowest BCUT2D eigenvalue weighted by molar-refractivity contribution is 0.0726. The molecule has 9 heteroatoms. The Morgan fingerprint density at radius 3 is 3.04 bits per heavy atom. The Labute approximate surface area is 149 Å². The molecule has 1 aliphatic heterocycles. The predicted molar refractivity (Wildman–Crippen MR) is 93.5 cm³/mol. The number of likely N-dealkylation sites (tertiary alicyclic amines) is 1. The van der Waals surface area contributed by atoms with Crippen LogP contribution in [0.4, 0.5) is 0 Å². The number of rotatable bonds is 4. The van der Waals surface area contributed by atoms with Crippen LogP contribution < -0.4 is 5.32 Å². The van der Waals surface area contributed by atoms with Gasteiger partial charge in [0.05, 0.1) is 23.5 Å². The van der Waals surface area contributed by atoms with Gasteiger partial charge in [0.1, 0.15) is 5.69 Å². The van der Waals surface area contributed by atoms with Crippen molar-refractivity contribution in [3.05, 3.63) is 42.1 Å². The molecule has 0 aliphatic carbocycles. The Bertz CT molecular complexity index is 961. The van der Waals surface area contributed by atoms with Crippen LogP contribution in [0.5, 0.6) is 0 Å². The second-order valence-electron chi connectivity index (χ2n) is 6.37. The molecule has 0 spiro atoms. The van der Waals surface area contributed by atoms with E-state index in [1.807, 2.05) is 11.0 Å². The van der Waals surface area contributed by atoms with E-state index >= 15 is 0 Å². The number of aryl methyl sites for hydroxylation is 1. The monoisotopic (exact) mass is 353 g/mol. The van der Waals surface area contributed by atoms with Gasteiger partial charge in [-0.1, -0.05) is 5.21 Å². The van der Waals surface area contributed by atoms with E-state index in [1.54, 1.807) is 25.6 Å². The molecular weight excluding hydrogens is 334 g/mol. The molecule has 2 N–H and O–H groups in total. The minimum absolute atomic E-state index is 0.0400. The second kappa shape index (κ2) is 6.58. The Kier molecular flexibility index (Phi) is 4.11. The molecule has 4 rings (SSSR count). The van der Waals surface area contributed by atoms with Crippen LogP contribution in [0, 0.1) is 0 Å². The van der Waals surface area contributed by atoms with Gasteiger partial charge in [0, 0.05) is 44.0 Å². The summed E-state index contributed by atoms with van der Waals surface area (Å²) in [4.78, 5) is 34.3. The largest absolute Gasteiger partial charge is 0.360 e. The summed E-state index contributed by atoms with van der Waals surface area (Å²) >= 11 is 0. The lowest BCUT2D eigenvalue weighted by Crippen LogP contribution is -2.43. The number of fused-ring (bicyclic) bond motifs is 1. The highest BCUT2D eigenvalue weighted by molar-refractivity contribution is 6.06. The summed E-state index contributed by atoms with van der Waals surface area (Å²) < 4.78 is 1.42. The lowest BCUT2D eigenvalue weighted by Gasteiger charge is -2.25. The highest BCUT2D eigenvalue weighted by atomic mass is 16.2. The van der Waals surface area contributed by atoms with Crippen LogP contribution in [0.15, 0.2) is 30.9 Å². The SMILES string of the molecule is Cn1nncc1C(=O)NC[C@H]1CCCN1C(=O)c1cncc2[nH]ccc12. The molecule has 2 amide bonds. The number of carbonyl (C=O) groups excluding carboxylic acids is 2. The maximum atomic E-state index is 13.0. The molecule has 134 valence electrons. The van der Waals surface area contributed by atoms with Gasteiger partial charge in [-0.15, -0.1) is 5.10 Å². The summed E-state index contributed by atoms with van der Waals surface area (Å²) in [5.41, 5.74) is 1.81. The third kappa shape index (κ3) is 2.81. The molecule has 1 atom stereocenters. The van der Waals surface area contributed by atoms with Crippen molar-refractivity contribution >= 4 is 22.7 Å². The van der Waals surface area contributed by atoms with E-state index in [0.717, 1.165) is 23.7 Å². The van der Waals surface area contributed by atoms with Crippen LogP contribution in [0.2, 0.25) is 0 Å². The number of carbonyl (C=O) groups is 2. The molecule has 1 saturated heterocycles. The molecular formula is C17H19N7O2. The zero-order chi connectivity index (χ0) is 18.1. The molecule has 0 saturated carbocycles. The summed E-state index contributed by atoms with van der Waals surface area (Å²) in [7, 11) is 1.66. The minimum atomic E-state index is -0.244. The highest BCUT2D eigenvalue weighted by Gasteiger charge is 2.31. The van der Waals surface area contributed by atoms with Crippen LogP contribution in [0.1, 0.15) is 33.7 Å². The fraction of sp³-hybridized carbons (Fsp3) is 0.353. The third-order valence-corrected chi connectivity index (χ3v) is 4.79. The molecule has 0 aromatic carbocycles. The Hall–Kier alpha value is -3.23. The van der Waals surface area contributed by atoms with Gasteiger partial charge in [-0.2, -0.15) is 0 Å². The highest BCUT2D eigenvalue weighted by Crippen LogP contribution is 2.23. The molecule has 1 fully saturated rings. The number of H-pyrrole nitrogens is 1. The second-order valence-corrected chi connectivity index (χ2v) is 6.37. The molecule has 0 radical (unpaired) electrons. The van der Waals surface area contributed by atoms with Gasteiger partial charge in [-0.25, -0.2) is 4.68 Å². The number of nitrogens with one attached hydrogen (secondary N) is 2. The van der Waals surface area contributed by atoms with Crippen molar-refractivity contribution in [1.82, 2.24) is 35.2 Å². The number of hydrogen-bond acceptors (Lipinski definition) is 5. The predicted octanol–water partition coefficient (Wildman–Crippen LogP) is 0.726. The van der Waals surface area contributed by atoms with Crippen molar-refractivity contribution in [3.8, 4) is 0 Å². The van der Waals surface area contributed by atoms with E-state index in [9.17, 15) is 9.59 Å². The molecule has 3 aromatic heterocycles. The number of hydrogen-bond donors (Lipinski definition) is 2. The summed E-state index contributed by atoms with van der Waals surface area (Å²) in [6.07, 6.45) is 8.30. The van der Waals surface area contributed by atoms with Gasteiger partial charge in [0.2, 0.25) is 0 Å². The summed E-state index contributed by atoms with van der Waals surface area (Å²) in [5.74, 6) is -0.298. The van der Waals surface area contributed by atoms with E-state index in [1.165, 1.54) is 10.9 Å². The summed E-state index contributed by atoms with van der Waals surface area (Å²) in [6.45, 7) is 1.07. The van der Waals surface area contributed by atoms with Crippen molar-refractivity contribution in [2.24, 2.45) is 7.05 Å². The van der Waals surface area contributed by atoms with Gasteiger partial charge in [-0.05, 0) is 18.9 Å². The van der Waals surface area contributed by atoms with E-state index in [0.29, 0.717) is 24.3 Å². The number of pyridine rings is 1. The first-order valence-corrected chi connectivity index (χ1v) is 8.50. The summed E-state index contributed by atoms with van der Waals surface area (Å²) in [5, 5.41) is 11.2. The van der Waals surface area contributed by atoms with Crippen molar-refractivity contribution < 1.29 is 9.59 Å². The average Bonchev–Trinajstić information content (AvgIpc) is 3.38. The van der Waals surface area contributed by atoms with Crippen LogP contribution in [-0.2, 0) is 7.05 Å². The van der Waals surface area contributed by atoms with Gasteiger partial charge in [-0.3, -0.25) is 14.6 Å². The fourth-order valence-corrected chi connectivity index (χ4v) is 3.42. The van der Waals surface area contributed by atoms with Crippen molar-refractivity contribution in [3.63, 3.8) is 0 Å². The van der Waals surface area contributed by atoms with Gasteiger partial charge >= 0.3 is 0 Å². The zero-order valence-electron chi connectivity index (χ0n) is 14.3. The minimum Gasteiger partial charge on any atom is -0.360 e. The van der Waals surface area contributed by atoms with Crippen LogP contribution in [-0.4, -0.2) is 60.8 Å². The molecule has 0 bridgehead atoms. The molecule has 9 nitrogen and oxygen atoms in total. The number of amides is 2. The zero-order valence-corrected chi connectivity index (χ0v) is 14.3. The number of nitrogens with zero attached hydrogens (tertiary/aromatic N) is 5. The first-order chi connectivity index (χ1) is 12.6. The van der Waals surface area contributed by atoms with Crippen molar-refractivity contribution in [1.29, 1.82) is 0 Å². The van der Waals surface area contributed by atoms with E-state index in [4.69, 9.17) is 0 Å². The third-order valence-electron chi connectivity index (χ3n) is 4.79. The van der Waals surface area contributed by atoms with Gasteiger partial charge in [0.15, 0.2) is 0 Å². The average molecular weight is 353 g/mol. The molecule has 26 heavy (non-hydrogen) atoms.